The van der Waals surface area contributed by atoms with Gasteiger partial charge in [0.05, 0.1) is 0 Å². The number of nitrogens with one attached hydrogen (secondary N) is 3. The van der Waals surface area contributed by atoms with Gasteiger partial charge in [-0.3, -0.25) is 15.7 Å². The molecule has 1 aromatic rings. The standard InChI is InChI=1S/C8H13N5S/c1-11-8(13-7(9)10)12-4-6-2-3-14-5-6/h2-3,5H,4H2,1H3,(H5,9,10,11,12,13). The first-order chi connectivity index (χ1) is 6.72. The van der Waals surface area contributed by atoms with Crippen LogP contribution < -0.4 is 16.4 Å². The van der Waals surface area contributed by atoms with Crippen LogP contribution in [-0.2, 0) is 6.54 Å². The highest BCUT2D eigenvalue weighted by Crippen LogP contribution is 2.04. The van der Waals surface area contributed by atoms with Gasteiger partial charge >= 0.3 is 0 Å². The summed E-state index contributed by atoms with van der Waals surface area (Å²) in [5, 5.41) is 16.7. The van der Waals surface area contributed by atoms with Crippen LogP contribution >= 0.6 is 11.3 Å². The first-order valence-corrected chi connectivity index (χ1v) is 4.99. The van der Waals surface area contributed by atoms with E-state index < -0.39 is 0 Å². The van der Waals surface area contributed by atoms with Crippen LogP contribution in [0.3, 0.4) is 0 Å². The minimum absolute atomic E-state index is 0.122. The summed E-state index contributed by atoms with van der Waals surface area (Å²) in [5.74, 6) is 0.382. The molecule has 1 heterocycles. The Morgan fingerprint density at radius 2 is 2.50 bits per heavy atom. The fraction of sp³-hybridized carbons (Fsp3) is 0.250. The lowest BCUT2D eigenvalue weighted by molar-refractivity contribution is 0.885. The molecule has 0 saturated carbocycles. The molecule has 0 aliphatic carbocycles. The van der Waals surface area contributed by atoms with Gasteiger partial charge in [0, 0.05) is 13.6 Å². The minimum Gasteiger partial charge on any atom is -0.370 e. The lowest BCUT2D eigenvalue weighted by Gasteiger charge is -2.08. The Morgan fingerprint density at radius 3 is 3.00 bits per heavy atom. The first kappa shape index (κ1) is 10.5. The van der Waals surface area contributed by atoms with E-state index in [-0.39, 0.29) is 5.96 Å². The van der Waals surface area contributed by atoms with Crippen molar-refractivity contribution in [3.05, 3.63) is 22.4 Å². The van der Waals surface area contributed by atoms with Crippen molar-refractivity contribution in [2.45, 2.75) is 6.54 Å². The van der Waals surface area contributed by atoms with Crippen molar-refractivity contribution in [3.8, 4) is 0 Å². The summed E-state index contributed by atoms with van der Waals surface area (Å²) in [6.07, 6.45) is 0. The Kier molecular flexibility index (Phi) is 3.93. The number of hydrogen-bond acceptors (Lipinski definition) is 3. The van der Waals surface area contributed by atoms with E-state index >= 15 is 0 Å². The Balaban J connectivity index is 2.39. The molecule has 14 heavy (non-hydrogen) atoms. The van der Waals surface area contributed by atoms with Crippen LogP contribution in [0.4, 0.5) is 0 Å². The minimum atomic E-state index is -0.122. The molecule has 0 aliphatic rings. The normalized spacial score (nSPS) is 11.1. The quantitative estimate of drug-likeness (QED) is 0.419. The molecule has 1 aromatic heterocycles. The van der Waals surface area contributed by atoms with Crippen molar-refractivity contribution in [2.24, 2.45) is 10.7 Å². The number of hydrogen-bond donors (Lipinski definition) is 4. The summed E-state index contributed by atoms with van der Waals surface area (Å²) < 4.78 is 0. The van der Waals surface area contributed by atoms with E-state index in [0.29, 0.717) is 12.5 Å². The van der Waals surface area contributed by atoms with E-state index in [4.69, 9.17) is 11.1 Å². The monoisotopic (exact) mass is 211 g/mol. The molecule has 76 valence electrons. The molecule has 5 N–H and O–H groups in total. The molecule has 0 spiro atoms. The molecule has 0 amide bonds. The fourth-order valence-corrected chi connectivity index (χ4v) is 1.55. The second-order valence-corrected chi connectivity index (χ2v) is 3.38. The van der Waals surface area contributed by atoms with Crippen LogP contribution in [0.5, 0.6) is 0 Å². The summed E-state index contributed by atoms with van der Waals surface area (Å²) in [6.45, 7) is 0.677. The molecule has 1 rings (SSSR count). The Labute approximate surface area is 86.6 Å². The maximum atomic E-state index is 7.03. The van der Waals surface area contributed by atoms with Gasteiger partial charge in [-0.05, 0) is 22.4 Å². The number of guanidine groups is 2. The van der Waals surface area contributed by atoms with Gasteiger partial charge < -0.3 is 11.1 Å². The van der Waals surface area contributed by atoms with Crippen molar-refractivity contribution in [2.75, 3.05) is 7.05 Å². The zero-order valence-electron chi connectivity index (χ0n) is 7.87. The number of rotatable bonds is 2. The van der Waals surface area contributed by atoms with Crippen molar-refractivity contribution >= 4 is 23.3 Å². The molecule has 0 bridgehead atoms. The Hall–Kier alpha value is -1.56. The SMILES string of the molecule is C/N=C(/NCc1ccsc1)NC(=N)N. The molecule has 0 aromatic carbocycles. The highest BCUT2D eigenvalue weighted by molar-refractivity contribution is 7.07. The number of nitrogens with two attached hydrogens (primary N) is 1. The van der Waals surface area contributed by atoms with Gasteiger partial charge in [0.1, 0.15) is 0 Å². The summed E-state index contributed by atoms with van der Waals surface area (Å²) in [7, 11) is 1.63. The topological polar surface area (TPSA) is 86.3 Å². The third kappa shape index (κ3) is 3.44. The molecule has 0 aliphatic heterocycles. The maximum Gasteiger partial charge on any atom is 0.198 e. The average Bonchev–Trinajstić information content (AvgIpc) is 2.64. The van der Waals surface area contributed by atoms with Crippen LogP contribution in [-0.4, -0.2) is 19.0 Å². The number of aliphatic imine (C=N–C) groups is 1. The third-order valence-electron chi connectivity index (χ3n) is 1.52. The summed E-state index contributed by atoms with van der Waals surface area (Å²) >= 11 is 1.65. The van der Waals surface area contributed by atoms with Gasteiger partial charge in [-0.2, -0.15) is 11.3 Å². The second-order valence-electron chi connectivity index (χ2n) is 2.60. The predicted molar refractivity (Wildman–Crippen MR) is 59.6 cm³/mol. The number of thiophene rings is 1. The lowest BCUT2D eigenvalue weighted by atomic mass is 10.3. The average molecular weight is 211 g/mol. The highest BCUT2D eigenvalue weighted by Gasteiger charge is 1.98. The predicted octanol–water partition coefficient (Wildman–Crippen LogP) is 0.307. The molecule has 0 saturated heterocycles. The zero-order valence-corrected chi connectivity index (χ0v) is 8.69. The summed E-state index contributed by atoms with van der Waals surface area (Å²) in [5.41, 5.74) is 6.35. The van der Waals surface area contributed by atoms with E-state index in [1.807, 2.05) is 16.8 Å². The van der Waals surface area contributed by atoms with Gasteiger partial charge in [0.2, 0.25) is 0 Å². The molecule has 5 nitrogen and oxygen atoms in total. The van der Waals surface area contributed by atoms with Crippen molar-refractivity contribution < 1.29 is 0 Å². The lowest BCUT2D eigenvalue weighted by Crippen LogP contribution is -2.43. The highest BCUT2D eigenvalue weighted by atomic mass is 32.1. The van der Waals surface area contributed by atoms with Crippen LogP contribution in [0.2, 0.25) is 0 Å². The largest absolute Gasteiger partial charge is 0.370 e. The second kappa shape index (κ2) is 5.23. The van der Waals surface area contributed by atoms with E-state index in [2.05, 4.69) is 15.6 Å². The van der Waals surface area contributed by atoms with Crippen LogP contribution in [0, 0.1) is 5.41 Å². The van der Waals surface area contributed by atoms with Gasteiger partial charge in [-0.1, -0.05) is 0 Å². The van der Waals surface area contributed by atoms with Gasteiger partial charge in [0.25, 0.3) is 0 Å². The molecule has 6 heteroatoms. The summed E-state index contributed by atoms with van der Waals surface area (Å²) in [4.78, 5) is 3.90. The smallest absolute Gasteiger partial charge is 0.198 e. The van der Waals surface area contributed by atoms with Crippen molar-refractivity contribution in [1.29, 1.82) is 5.41 Å². The van der Waals surface area contributed by atoms with Gasteiger partial charge in [-0.15, -0.1) is 0 Å². The molecular weight excluding hydrogens is 198 g/mol. The van der Waals surface area contributed by atoms with Gasteiger partial charge in [-0.25, -0.2) is 0 Å². The summed E-state index contributed by atoms with van der Waals surface area (Å²) in [6, 6.07) is 2.03. The Bertz CT molecular complexity index is 316. The van der Waals surface area contributed by atoms with Crippen LogP contribution in [0.1, 0.15) is 5.56 Å². The van der Waals surface area contributed by atoms with Crippen LogP contribution in [0.15, 0.2) is 21.8 Å². The van der Waals surface area contributed by atoms with Crippen LogP contribution in [0.25, 0.3) is 0 Å². The Morgan fingerprint density at radius 1 is 1.71 bits per heavy atom. The fourth-order valence-electron chi connectivity index (χ4n) is 0.886. The molecular formula is C8H13N5S. The first-order valence-electron chi connectivity index (χ1n) is 4.05. The third-order valence-corrected chi connectivity index (χ3v) is 2.25. The molecule has 0 fully saturated rings. The maximum absolute atomic E-state index is 7.03. The van der Waals surface area contributed by atoms with Crippen molar-refractivity contribution in [3.63, 3.8) is 0 Å². The van der Waals surface area contributed by atoms with E-state index in [0.717, 1.165) is 0 Å². The van der Waals surface area contributed by atoms with E-state index in [1.165, 1.54) is 5.56 Å². The van der Waals surface area contributed by atoms with E-state index in [9.17, 15) is 0 Å². The van der Waals surface area contributed by atoms with E-state index in [1.54, 1.807) is 18.4 Å². The van der Waals surface area contributed by atoms with Crippen molar-refractivity contribution in [1.82, 2.24) is 10.6 Å². The number of nitrogens with zero attached hydrogens (tertiary/aromatic N) is 1. The zero-order chi connectivity index (χ0) is 10.4. The molecule has 0 unspecified atom stereocenters. The van der Waals surface area contributed by atoms with Gasteiger partial charge in [0.15, 0.2) is 11.9 Å². The molecule has 0 atom stereocenters. The molecule has 0 radical (unpaired) electrons.